The van der Waals surface area contributed by atoms with Crippen LogP contribution >= 0.6 is 15.9 Å². The SMILES string of the molecule is CCCCc1nc2cc(Br)cnc2n1CC(C)C#N. The Balaban J connectivity index is 2.45. The first-order valence-corrected chi connectivity index (χ1v) is 7.35. The zero-order valence-electron chi connectivity index (χ0n) is 11.2. The van der Waals surface area contributed by atoms with Gasteiger partial charge in [-0.05, 0) is 35.3 Å². The molecule has 2 heterocycles. The summed E-state index contributed by atoms with van der Waals surface area (Å²) in [5.74, 6) is 0.993. The van der Waals surface area contributed by atoms with Gasteiger partial charge in [-0.2, -0.15) is 5.26 Å². The number of unbranched alkanes of at least 4 members (excludes halogenated alkanes) is 1. The number of nitrogens with zero attached hydrogens (tertiary/aromatic N) is 4. The molecule has 0 aliphatic heterocycles. The van der Waals surface area contributed by atoms with Crippen molar-refractivity contribution in [3.8, 4) is 6.07 Å². The van der Waals surface area contributed by atoms with Crippen LogP contribution in [0.3, 0.4) is 0 Å². The van der Waals surface area contributed by atoms with Crippen LogP contribution in [0.2, 0.25) is 0 Å². The largest absolute Gasteiger partial charge is 0.311 e. The van der Waals surface area contributed by atoms with E-state index in [1.807, 2.05) is 13.0 Å². The first-order valence-electron chi connectivity index (χ1n) is 6.56. The predicted molar refractivity (Wildman–Crippen MR) is 78.6 cm³/mol. The minimum atomic E-state index is -0.0387. The van der Waals surface area contributed by atoms with Crippen molar-refractivity contribution in [1.29, 1.82) is 5.26 Å². The molecule has 0 N–H and O–H groups in total. The van der Waals surface area contributed by atoms with E-state index in [2.05, 4.69) is 43.5 Å². The molecule has 2 rings (SSSR count). The summed E-state index contributed by atoms with van der Waals surface area (Å²) in [6.45, 7) is 4.74. The summed E-state index contributed by atoms with van der Waals surface area (Å²) < 4.78 is 3.02. The van der Waals surface area contributed by atoms with Gasteiger partial charge in [-0.1, -0.05) is 13.3 Å². The molecule has 1 atom stereocenters. The Morgan fingerprint density at radius 1 is 1.53 bits per heavy atom. The number of nitriles is 1. The quantitative estimate of drug-likeness (QED) is 0.844. The van der Waals surface area contributed by atoms with Gasteiger partial charge in [0.05, 0.1) is 12.0 Å². The van der Waals surface area contributed by atoms with Gasteiger partial charge in [0, 0.05) is 23.6 Å². The third-order valence-electron chi connectivity index (χ3n) is 3.06. The standard InChI is InChI=1S/C14H17BrN4/c1-3-4-5-13-18-12-6-11(15)8-17-14(12)19(13)9-10(2)7-16/h6,8,10H,3-5,9H2,1-2H3. The Labute approximate surface area is 121 Å². The second-order valence-electron chi connectivity index (χ2n) is 4.77. The zero-order chi connectivity index (χ0) is 13.8. The molecule has 0 radical (unpaired) electrons. The molecule has 0 fully saturated rings. The van der Waals surface area contributed by atoms with Gasteiger partial charge in [-0.3, -0.25) is 0 Å². The normalized spacial score (nSPS) is 12.5. The van der Waals surface area contributed by atoms with Crippen molar-refractivity contribution in [2.45, 2.75) is 39.7 Å². The highest BCUT2D eigenvalue weighted by atomic mass is 79.9. The van der Waals surface area contributed by atoms with Crippen LogP contribution < -0.4 is 0 Å². The molecule has 0 amide bonds. The van der Waals surface area contributed by atoms with E-state index in [4.69, 9.17) is 5.26 Å². The maximum Gasteiger partial charge on any atom is 0.160 e. The first kappa shape index (κ1) is 14.0. The highest BCUT2D eigenvalue weighted by Gasteiger charge is 2.14. The Hall–Kier alpha value is -1.41. The van der Waals surface area contributed by atoms with Gasteiger partial charge in [-0.15, -0.1) is 0 Å². The Kier molecular flexibility index (Phi) is 4.54. The highest BCUT2D eigenvalue weighted by Crippen LogP contribution is 2.20. The van der Waals surface area contributed by atoms with Gasteiger partial charge >= 0.3 is 0 Å². The lowest BCUT2D eigenvalue weighted by Crippen LogP contribution is -2.10. The number of rotatable bonds is 5. The fourth-order valence-electron chi connectivity index (χ4n) is 2.07. The molecule has 19 heavy (non-hydrogen) atoms. The summed E-state index contributed by atoms with van der Waals surface area (Å²) in [5.41, 5.74) is 1.77. The minimum absolute atomic E-state index is 0.0387. The van der Waals surface area contributed by atoms with Crippen molar-refractivity contribution in [1.82, 2.24) is 14.5 Å². The third-order valence-corrected chi connectivity index (χ3v) is 3.50. The second-order valence-corrected chi connectivity index (χ2v) is 5.68. The zero-order valence-corrected chi connectivity index (χ0v) is 12.8. The van der Waals surface area contributed by atoms with Gasteiger partial charge in [-0.25, -0.2) is 9.97 Å². The number of aryl methyl sites for hydroxylation is 1. The molecule has 0 aromatic carbocycles. The Morgan fingerprint density at radius 3 is 3.00 bits per heavy atom. The molecular formula is C14H17BrN4. The molecular weight excluding hydrogens is 304 g/mol. The molecule has 5 heteroatoms. The van der Waals surface area contributed by atoms with E-state index in [-0.39, 0.29) is 5.92 Å². The van der Waals surface area contributed by atoms with Gasteiger partial charge in [0.1, 0.15) is 11.3 Å². The number of pyridine rings is 1. The third kappa shape index (κ3) is 3.13. The van der Waals surface area contributed by atoms with Crippen LogP contribution in [0.25, 0.3) is 11.2 Å². The van der Waals surface area contributed by atoms with Crippen LogP contribution in [0, 0.1) is 17.2 Å². The van der Waals surface area contributed by atoms with E-state index in [1.165, 1.54) is 0 Å². The monoisotopic (exact) mass is 320 g/mol. The summed E-state index contributed by atoms with van der Waals surface area (Å²) in [6, 6.07) is 4.25. The maximum atomic E-state index is 9.01. The number of imidazole rings is 1. The summed E-state index contributed by atoms with van der Waals surface area (Å²) in [7, 11) is 0. The van der Waals surface area contributed by atoms with Crippen LogP contribution in [-0.2, 0) is 13.0 Å². The van der Waals surface area contributed by atoms with Gasteiger partial charge in [0.15, 0.2) is 5.65 Å². The summed E-state index contributed by atoms with van der Waals surface area (Å²) in [5, 5.41) is 9.01. The van der Waals surface area contributed by atoms with Crippen LogP contribution in [0.4, 0.5) is 0 Å². The van der Waals surface area contributed by atoms with E-state index >= 15 is 0 Å². The molecule has 2 aromatic rings. The van der Waals surface area contributed by atoms with Crippen LogP contribution in [-0.4, -0.2) is 14.5 Å². The molecule has 1 unspecified atom stereocenters. The Bertz CT molecular complexity index is 612. The van der Waals surface area contributed by atoms with Crippen molar-refractivity contribution in [3.63, 3.8) is 0 Å². The number of aromatic nitrogens is 3. The van der Waals surface area contributed by atoms with Crippen molar-refractivity contribution in [3.05, 3.63) is 22.6 Å². The number of halogens is 1. The van der Waals surface area contributed by atoms with Crippen LogP contribution in [0.5, 0.6) is 0 Å². The van der Waals surface area contributed by atoms with Crippen molar-refractivity contribution < 1.29 is 0 Å². The molecule has 0 spiro atoms. The number of hydrogen-bond donors (Lipinski definition) is 0. The topological polar surface area (TPSA) is 54.5 Å². The maximum absolute atomic E-state index is 9.01. The molecule has 0 saturated carbocycles. The lowest BCUT2D eigenvalue weighted by atomic mass is 10.2. The van der Waals surface area contributed by atoms with E-state index in [0.29, 0.717) is 6.54 Å². The summed E-state index contributed by atoms with van der Waals surface area (Å²) in [6.07, 6.45) is 4.95. The van der Waals surface area contributed by atoms with Gasteiger partial charge in [0.2, 0.25) is 0 Å². The fraction of sp³-hybridized carbons (Fsp3) is 0.500. The molecule has 0 saturated heterocycles. The minimum Gasteiger partial charge on any atom is -0.311 e. The fourth-order valence-corrected chi connectivity index (χ4v) is 2.38. The van der Waals surface area contributed by atoms with Crippen molar-refractivity contribution in [2.24, 2.45) is 5.92 Å². The number of fused-ring (bicyclic) bond motifs is 1. The summed E-state index contributed by atoms with van der Waals surface area (Å²) in [4.78, 5) is 9.10. The molecule has 0 aliphatic rings. The summed E-state index contributed by atoms with van der Waals surface area (Å²) >= 11 is 3.42. The second kappa shape index (κ2) is 6.16. The lowest BCUT2D eigenvalue weighted by Gasteiger charge is -2.09. The molecule has 0 aliphatic carbocycles. The Morgan fingerprint density at radius 2 is 2.32 bits per heavy atom. The lowest BCUT2D eigenvalue weighted by molar-refractivity contribution is 0.559. The molecule has 2 aromatic heterocycles. The molecule has 0 bridgehead atoms. The van der Waals surface area contributed by atoms with Crippen LogP contribution in [0.15, 0.2) is 16.7 Å². The van der Waals surface area contributed by atoms with E-state index in [9.17, 15) is 0 Å². The van der Waals surface area contributed by atoms with Crippen molar-refractivity contribution in [2.75, 3.05) is 0 Å². The average Bonchev–Trinajstić information content (AvgIpc) is 2.73. The molecule has 100 valence electrons. The number of hydrogen-bond acceptors (Lipinski definition) is 3. The van der Waals surface area contributed by atoms with Crippen LogP contribution in [0.1, 0.15) is 32.5 Å². The van der Waals surface area contributed by atoms with E-state index in [0.717, 1.165) is 40.7 Å². The predicted octanol–water partition coefficient (Wildman–Crippen LogP) is 3.70. The van der Waals surface area contributed by atoms with E-state index in [1.54, 1.807) is 6.20 Å². The van der Waals surface area contributed by atoms with E-state index < -0.39 is 0 Å². The van der Waals surface area contributed by atoms with Crippen molar-refractivity contribution >= 4 is 27.1 Å². The first-order chi connectivity index (χ1) is 9.15. The van der Waals surface area contributed by atoms with Gasteiger partial charge < -0.3 is 4.57 Å². The highest BCUT2D eigenvalue weighted by molar-refractivity contribution is 9.10. The smallest absolute Gasteiger partial charge is 0.160 e. The average molecular weight is 321 g/mol. The molecule has 4 nitrogen and oxygen atoms in total. The van der Waals surface area contributed by atoms with Gasteiger partial charge in [0.25, 0.3) is 0 Å².